The Kier molecular flexibility index (Phi) is 9.19. The van der Waals surface area contributed by atoms with Crippen LogP contribution in [0, 0.1) is 6.92 Å². The highest BCUT2D eigenvalue weighted by atomic mass is 35.5. The van der Waals surface area contributed by atoms with Gasteiger partial charge in [-0.25, -0.2) is 17.9 Å². The third kappa shape index (κ3) is 6.57. The molecule has 2 N–H and O–H groups in total. The van der Waals surface area contributed by atoms with Crippen LogP contribution < -0.4 is 15.0 Å². The Hall–Kier alpha value is -3.08. The third-order valence-electron chi connectivity index (χ3n) is 6.24. The van der Waals surface area contributed by atoms with Gasteiger partial charge in [0.2, 0.25) is 0 Å². The lowest BCUT2D eigenvalue weighted by molar-refractivity contribution is 0.341. The number of benzene rings is 2. The second-order valence-corrected chi connectivity index (χ2v) is 11.7. The molecule has 0 aliphatic rings. The summed E-state index contributed by atoms with van der Waals surface area (Å²) in [6, 6.07) is 8.84. The fraction of sp³-hybridized carbons (Fsp3) is 0.370. The number of imidazole rings is 1. The number of hydrogen-bond donors (Lipinski definition) is 2. The fourth-order valence-corrected chi connectivity index (χ4v) is 5.82. The van der Waals surface area contributed by atoms with E-state index in [9.17, 15) is 13.2 Å². The molecule has 2 aromatic carbocycles. The first kappa shape index (κ1) is 28.9. The molecule has 208 valence electrons. The monoisotopic (exact) mass is 591 g/mol. The minimum absolute atomic E-state index is 0.0716. The van der Waals surface area contributed by atoms with Crippen LogP contribution in [0.15, 0.2) is 46.1 Å². The number of aromatic nitrogens is 4. The number of halogens is 2. The highest BCUT2D eigenvalue weighted by molar-refractivity contribution is 7.92. The molecular weight excluding hydrogens is 561 g/mol. The summed E-state index contributed by atoms with van der Waals surface area (Å²) >= 11 is 12.2. The number of H-pyrrole nitrogens is 1. The molecule has 4 aromatic rings. The number of fused-ring (bicyclic) bond motifs is 1. The fourth-order valence-electron chi connectivity index (χ4n) is 4.33. The lowest BCUT2D eigenvalue weighted by atomic mass is 10.1. The Morgan fingerprint density at radius 3 is 2.56 bits per heavy atom. The van der Waals surface area contributed by atoms with E-state index in [0.717, 1.165) is 25.7 Å². The molecule has 0 radical (unpaired) electrons. The number of sulfonamides is 1. The van der Waals surface area contributed by atoms with Crippen LogP contribution >= 0.6 is 23.2 Å². The van der Waals surface area contributed by atoms with Crippen molar-refractivity contribution in [1.29, 1.82) is 0 Å². The number of anilines is 1. The maximum Gasteiger partial charge on any atom is 0.277 e. The van der Waals surface area contributed by atoms with Gasteiger partial charge in [0.1, 0.15) is 11.6 Å². The zero-order valence-corrected chi connectivity index (χ0v) is 24.4. The molecule has 0 bridgehead atoms. The average molecular weight is 593 g/mol. The summed E-state index contributed by atoms with van der Waals surface area (Å²) in [4.78, 5) is 20.4. The van der Waals surface area contributed by atoms with E-state index in [2.05, 4.69) is 26.7 Å². The van der Waals surface area contributed by atoms with E-state index in [-0.39, 0.29) is 27.0 Å². The smallest absolute Gasteiger partial charge is 0.277 e. The van der Waals surface area contributed by atoms with Gasteiger partial charge in [0.05, 0.1) is 33.5 Å². The first-order valence-electron chi connectivity index (χ1n) is 12.9. The van der Waals surface area contributed by atoms with Crippen molar-refractivity contribution in [2.45, 2.75) is 64.2 Å². The molecule has 0 saturated carbocycles. The van der Waals surface area contributed by atoms with Crippen molar-refractivity contribution in [3.8, 4) is 17.1 Å². The van der Waals surface area contributed by atoms with Crippen LogP contribution in [0.25, 0.3) is 16.9 Å². The maximum atomic E-state index is 13.3. The van der Waals surface area contributed by atoms with Crippen LogP contribution in [-0.4, -0.2) is 34.6 Å². The Morgan fingerprint density at radius 2 is 1.82 bits per heavy atom. The molecule has 2 aromatic heterocycles. The Labute approximate surface area is 237 Å². The number of nitrogens with zero attached hydrogens (tertiary/aromatic N) is 3. The second kappa shape index (κ2) is 12.4. The average Bonchev–Trinajstić information content (AvgIpc) is 3.21. The van der Waals surface area contributed by atoms with Gasteiger partial charge in [-0.2, -0.15) is 0 Å². The second-order valence-electron chi connectivity index (χ2n) is 9.16. The van der Waals surface area contributed by atoms with Crippen molar-refractivity contribution in [2.75, 3.05) is 11.3 Å². The van der Waals surface area contributed by atoms with Gasteiger partial charge in [-0.05, 0) is 56.7 Å². The van der Waals surface area contributed by atoms with Gasteiger partial charge in [0.15, 0.2) is 11.3 Å². The SMILES string of the molecule is CCCCCCCc1nc(C)c2c(=O)[nH]c(-c3cc(S(=O)(=O)Nc4cc(Cl)ccc4Cl)ccc3OCC)nn12. The summed E-state index contributed by atoms with van der Waals surface area (Å²) in [7, 11) is -4.08. The molecule has 0 amide bonds. The summed E-state index contributed by atoms with van der Waals surface area (Å²) in [5, 5.41) is 5.21. The molecule has 0 saturated heterocycles. The summed E-state index contributed by atoms with van der Waals surface area (Å²) in [6.07, 6.45) is 6.15. The molecule has 0 spiro atoms. The molecule has 9 nitrogen and oxygen atoms in total. The topological polar surface area (TPSA) is 118 Å². The standard InChI is InChI=1S/C27H31Cl2N5O4S/c1-4-6-7-8-9-10-24-30-17(3)25-27(35)31-26(32-34(24)25)20-16-19(12-14-23(20)38-5-2)39(36,37)33-22-15-18(28)11-13-21(22)29/h11-16,33H,4-10H2,1-3H3,(H,31,32,35). The predicted molar refractivity (Wildman–Crippen MR) is 155 cm³/mol. The normalized spacial score (nSPS) is 11.7. The van der Waals surface area contributed by atoms with Gasteiger partial charge in [0.25, 0.3) is 15.6 Å². The molecule has 4 rings (SSSR count). The molecule has 2 heterocycles. The molecule has 39 heavy (non-hydrogen) atoms. The number of aryl methyl sites for hydroxylation is 2. The minimum atomic E-state index is -4.08. The van der Waals surface area contributed by atoms with Crippen LogP contribution in [-0.2, 0) is 16.4 Å². The number of aromatic amines is 1. The van der Waals surface area contributed by atoms with E-state index in [4.69, 9.17) is 27.9 Å². The van der Waals surface area contributed by atoms with E-state index in [1.54, 1.807) is 17.5 Å². The zero-order valence-electron chi connectivity index (χ0n) is 22.1. The Morgan fingerprint density at radius 1 is 1.05 bits per heavy atom. The van der Waals surface area contributed by atoms with Gasteiger partial charge >= 0.3 is 0 Å². The number of unbranched alkanes of at least 4 members (excludes halogenated alkanes) is 4. The quantitative estimate of drug-likeness (QED) is 0.184. The van der Waals surface area contributed by atoms with Crippen LogP contribution in [0.3, 0.4) is 0 Å². The first-order chi connectivity index (χ1) is 18.6. The van der Waals surface area contributed by atoms with Crippen molar-refractivity contribution in [3.63, 3.8) is 0 Å². The maximum absolute atomic E-state index is 13.3. The van der Waals surface area contributed by atoms with E-state index >= 15 is 0 Å². The molecule has 0 unspecified atom stereocenters. The van der Waals surface area contributed by atoms with E-state index in [1.807, 2.05) is 6.92 Å². The van der Waals surface area contributed by atoms with Gasteiger partial charge in [0, 0.05) is 11.4 Å². The van der Waals surface area contributed by atoms with Crippen LogP contribution in [0.4, 0.5) is 5.69 Å². The lowest BCUT2D eigenvalue weighted by Crippen LogP contribution is -2.17. The van der Waals surface area contributed by atoms with Crippen LogP contribution in [0.5, 0.6) is 5.75 Å². The summed E-state index contributed by atoms with van der Waals surface area (Å²) in [5.41, 5.74) is 1.03. The minimum Gasteiger partial charge on any atom is -0.493 e. The van der Waals surface area contributed by atoms with Gasteiger partial charge in [-0.3, -0.25) is 9.52 Å². The third-order valence-corrected chi connectivity index (χ3v) is 8.16. The van der Waals surface area contributed by atoms with E-state index in [0.29, 0.717) is 46.4 Å². The summed E-state index contributed by atoms with van der Waals surface area (Å²) in [5.74, 6) is 1.22. The highest BCUT2D eigenvalue weighted by Crippen LogP contribution is 2.32. The van der Waals surface area contributed by atoms with Crippen molar-refractivity contribution in [2.24, 2.45) is 0 Å². The zero-order chi connectivity index (χ0) is 28.2. The molecule has 0 fully saturated rings. The number of rotatable bonds is 12. The lowest BCUT2D eigenvalue weighted by Gasteiger charge is -2.14. The van der Waals surface area contributed by atoms with E-state index in [1.165, 1.54) is 36.8 Å². The molecule has 0 atom stereocenters. The molecule has 0 aliphatic heterocycles. The number of ether oxygens (including phenoxy) is 1. The predicted octanol–water partition coefficient (Wildman–Crippen LogP) is 6.41. The van der Waals surface area contributed by atoms with Gasteiger partial charge in [-0.15, -0.1) is 5.10 Å². The van der Waals surface area contributed by atoms with Crippen LogP contribution in [0.1, 0.15) is 57.5 Å². The molecule has 0 aliphatic carbocycles. The highest BCUT2D eigenvalue weighted by Gasteiger charge is 2.22. The van der Waals surface area contributed by atoms with Gasteiger partial charge in [-0.1, -0.05) is 55.8 Å². The summed E-state index contributed by atoms with van der Waals surface area (Å²) < 4.78 is 36.4. The summed E-state index contributed by atoms with van der Waals surface area (Å²) in [6.45, 7) is 6.09. The number of nitrogens with one attached hydrogen (secondary N) is 2. The van der Waals surface area contributed by atoms with Crippen molar-refractivity contribution in [1.82, 2.24) is 19.6 Å². The van der Waals surface area contributed by atoms with Crippen molar-refractivity contribution in [3.05, 3.63) is 68.3 Å². The van der Waals surface area contributed by atoms with Gasteiger partial charge < -0.3 is 9.72 Å². The first-order valence-corrected chi connectivity index (χ1v) is 15.1. The molecule has 12 heteroatoms. The molecular formula is C27H31Cl2N5O4S. The van der Waals surface area contributed by atoms with Crippen molar-refractivity contribution < 1.29 is 13.2 Å². The Balaban J connectivity index is 1.76. The van der Waals surface area contributed by atoms with Crippen molar-refractivity contribution >= 4 is 44.4 Å². The number of hydrogen-bond acceptors (Lipinski definition) is 6. The van der Waals surface area contributed by atoms with E-state index < -0.39 is 10.0 Å². The largest absolute Gasteiger partial charge is 0.493 e. The van der Waals surface area contributed by atoms with Crippen LogP contribution in [0.2, 0.25) is 10.0 Å². The Bertz CT molecular complexity index is 1650.